The molecular formula is C47H44FN9O7S. The summed E-state index contributed by atoms with van der Waals surface area (Å²) in [5, 5.41) is 13.6. The van der Waals surface area contributed by atoms with Crippen molar-refractivity contribution in [2.45, 2.75) is 55.9 Å². The van der Waals surface area contributed by atoms with Crippen molar-refractivity contribution in [1.29, 1.82) is 0 Å². The van der Waals surface area contributed by atoms with Crippen LogP contribution in [0.5, 0.6) is 0 Å². The summed E-state index contributed by atoms with van der Waals surface area (Å²) in [6, 6.07) is 22.9. The molecular weight excluding hydrogens is 854 g/mol. The fraction of sp³-hybridized carbons (Fsp3) is 0.234. The van der Waals surface area contributed by atoms with Crippen LogP contribution in [-0.4, -0.2) is 76.9 Å². The SMILES string of the molecule is Nc1ncc(-c2ccc(SNc3cccc(NC(=O)CCCCCNC(=O)CNc4cccc5c4C(=O)N(C4CCC(=O)NC4=O)C5=O)c3)cc2F)cc1-c1ccc2c(c1)CCNC2=O. The van der Waals surface area contributed by atoms with E-state index in [1.807, 2.05) is 18.2 Å². The standard InChI is InChI=1S/C47H44FN9O7S/c48-36-23-31(12-14-32(36)28-21-35(43(49)53-24-28)26-11-13-33-27(20-26)17-19-51-44(33)61)65-56-30-7-4-6-29(22-30)54-39(58)10-2-1-3-18-50-41(60)25-52-37-9-5-8-34-42(37)47(64)57(46(34)63)38-15-16-40(59)55-45(38)62/h4-9,11-14,20-24,38,52,56H,1-3,10,15-19,25H2,(H2,49,53)(H,50,60)(H,51,61)(H,54,58)(H,55,59,62). The molecule has 18 heteroatoms. The number of hydrogen-bond acceptors (Lipinski definition) is 12. The van der Waals surface area contributed by atoms with E-state index >= 15 is 4.39 Å². The summed E-state index contributed by atoms with van der Waals surface area (Å²) in [5.74, 6) is -3.21. The summed E-state index contributed by atoms with van der Waals surface area (Å²) in [5.41, 5.74) is 11.9. The molecule has 4 heterocycles. The number of nitrogens with one attached hydrogen (secondary N) is 6. The van der Waals surface area contributed by atoms with Crippen LogP contribution in [0.4, 0.5) is 27.3 Å². The molecule has 332 valence electrons. The van der Waals surface area contributed by atoms with Gasteiger partial charge >= 0.3 is 0 Å². The van der Waals surface area contributed by atoms with Crippen LogP contribution in [0.15, 0.2) is 96.0 Å². The highest BCUT2D eigenvalue weighted by atomic mass is 32.2. The molecule has 7 amide bonds. The van der Waals surface area contributed by atoms with Crippen LogP contribution in [0.25, 0.3) is 22.3 Å². The first kappa shape index (κ1) is 44.0. The number of hydrogen-bond donors (Lipinski definition) is 7. The Kier molecular flexibility index (Phi) is 13.2. The smallest absolute Gasteiger partial charge is 0.264 e. The molecule has 8 rings (SSSR count). The molecule has 8 N–H and O–H groups in total. The summed E-state index contributed by atoms with van der Waals surface area (Å²) < 4.78 is 18.8. The molecule has 0 radical (unpaired) electrons. The lowest BCUT2D eigenvalue weighted by Crippen LogP contribution is -2.54. The monoisotopic (exact) mass is 897 g/mol. The number of rotatable bonds is 16. The van der Waals surface area contributed by atoms with Gasteiger partial charge in [0.15, 0.2) is 0 Å². The predicted octanol–water partition coefficient (Wildman–Crippen LogP) is 5.67. The van der Waals surface area contributed by atoms with E-state index in [9.17, 15) is 33.6 Å². The molecule has 4 aromatic carbocycles. The van der Waals surface area contributed by atoms with Crippen molar-refractivity contribution in [3.05, 3.63) is 119 Å². The first-order valence-corrected chi connectivity index (χ1v) is 21.9. The number of unbranched alkanes of at least 4 members (excludes halogenated alkanes) is 2. The molecule has 1 unspecified atom stereocenters. The number of nitrogens with zero attached hydrogens (tertiary/aromatic N) is 2. The van der Waals surface area contributed by atoms with Gasteiger partial charge in [0.2, 0.25) is 23.6 Å². The zero-order valence-corrected chi connectivity index (χ0v) is 35.7. The third kappa shape index (κ3) is 9.97. The first-order chi connectivity index (χ1) is 31.4. The van der Waals surface area contributed by atoms with Crippen LogP contribution in [0, 0.1) is 5.82 Å². The van der Waals surface area contributed by atoms with Crippen LogP contribution in [0.3, 0.4) is 0 Å². The molecule has 3 aliphatic heterocycles. The minimum absolute atomic E-state index is 0.0108. The fourth-order valence-electron chi connectivity index (χ4n) is 7.96. The van der Waals surface area contributed by atoms with Crippen LogP contribution in [0.1, 0.15) is 75.2 Å². The van der Waals surface area contributed by atoms with E-state index in [-0.39, 0.29) is 60.3 Å². The minimum Gasteiger partial charge on any atom is -0.383 e. The Balaban J connectivity index is 0.751. The Bertz CT molecular complexity index is 2770. The molecule has 1 aromatic heterocycles. The topological polar surface area (TPSA) is 234 Å². The van der Waals surface area contributed by atoms with Crippen LogP contribution >= 0.6 is 11.9 Å². The van der Waals surface area contributed by atoms with Crippen molar-refractivity contribution in [3.8, 4) is 22.3 Å². The lowest BCUT2D eigenvalue weighted by molar-refractivity contribution is -0.136. The Labute approximate surface area is 376 Å². The third-order valence-electron chi connectivity index (χ3n) is 11.3. The van der Waals surface area contributed by atoms with Gasteiger partial charge in [-0.05, 0) is 103 Å². The number of nitrogen functional groups attached to an aromatic ring is 1. The molecule has 1 saturated heterocycles. The van der Waals surface area contributed by atoms with Crippen LogP contribution < -0.4 is 37.0 Å². The number of carbonyl (C=O) groups is 7. The number of pyridine rings is 1. The van der Waals surface area contributed by atoms with Crippen LogP contribution in [0.2, 0.25) is 0 Å². The van der Waals surface area contributed by atoms with Crippen molar-refractivity contribution in [1.82, 2.24) is 25.8 Å². The molecule has 16 nitrogen and oxygen atoms in total. The normalized spacial score (nSPS) is 15.4. The number of nitrogens with two attached hydrogens (primary N) is 1. The predicted molar refractivity (Wildman–Crippen MR) is 243 cm³/mol. The van der Waals surface area contributed by atoms with Gasteiger partial charge in [0.25, 0.3) is 17.7 Å². The van der Waals surface area contributed by atoms with E-state index in [0.717, 1.165) is 16.0 Å². The van der Waals surface area contributed by atoms with Gasteiger partial charge in [-0.3, -0.25) is 43.8 Å². The summed E-state index contributed by atoms with van der Waals surface area (Å²) >= 11 is 1.22. The van der Waals surface area contributed by atoms with E-state index < -0.39 is 35.5 Å². The third-order valence-corrected chi connectivity index (χ3v) is 12.1. The second-order valence-electron chi connectivity index (χ2n) is 15.7. The Morgan fingerprint density at radius 3 is 2.46 bits per heavy atom. The molecule has 1 atom stereocenters. The number of anilines is 4. The largest absolute Gasteiger partial charge is 0.383 e. The summed E-state index contributed by atoms with van der Waals surface area (Å²) in [6.07, 6.45) is 4.46. The maximum absolute atomic E-state index is 15.5. The molecule has 0 bridgehead atoms. The highest BCUT2D eigenvalue weighted by molar-refractivity contribution is 8.00. The molecule has 0 aliphatic carbocycles. The van der Waals surface area contributed by atoms with Crippen molar-refractivity contribution in [2.75, 3.05) is 40.7 Å². The maximum Gasteiger partial charge on any atom is 0.264 e. The maximum atomic E-state index is 15.5. The van der Waals surface area contributed by atoms with Crippen molar-refractivity contribution in [3.63, 3.8) is 0 Å². The highest BCUT2D eigenvalue weighted by Gasteiger charge is 2.45. The summed E-state index contributed by atoms with van der Waals surface area (Å²) in [7, 11) is 0. The van der Waals surface area contributed by atoms with Gasteiger partial charge in [-0.15, -0.1) is 0 Å². The van der Waals surface area contributed by atoms with Gasteiger partial charge in [0.05, 0.1) is 17.7 Å². The van der Waals surface area contributed by atoms with Crippen molar-refractivity contribution in [2.24, 2.45) is 0 Å². The molecule has 65 heavy (non-hydrogen) atoms. The lowest BCUT2D eigenvalue weighted by atomic mass is 9.94. The van der Waals surface area contributed by atoms with E-state index in [0.29, 0.717) is 83.1 Å². The Hall–Kier alpha value is -7.60. The first-order valence-electron chi connectivity index (χ1n) is 21.1. The van der Waals surface area contributed by atoms with Gasteiger partial charge in [-0.2, -0.15) is 0 Å². The van der Waals surface area contributed by atoms with Gasteiger partial charge < -0.3 is 31.7 Å². The quantitative estimate of drug-likeness (QED) is 0.0361. The zero-order valence-electron chi connectivity index (χ0n) is 34.9. The number of benzene rings is 4. The summed E-state index contributed by atoms with van der Waals surface area (Å²) in [6.45, 7) is 0.759. The number of piperidine rings is 1. The number of aromatic nitrogens is 1. The average molecular weight is 898 g/mol. The van der Waals surface area contributed by atoms with Gasteiger partial charge in [-0.1, -0.05) is 36.8 Å². The molecule has 5 aromatic rings. The van der Waals surface area contributed by atoms with Gasteiger partial charge in [0, 0.05) is 76.3 Å². The highest BCUT2D eigenvalue weighted by Crippen LogP contribution is 2.35. The summed E-state index contributed by atoms with van der Waals surface area (Å²) in [4.78, 5) is 93.7. The molecule has 3 aliphatic rings. The van der Waals surface area contributed by atoms with Gasteiger partial charge in [-0.25, -0.2) is 9.37 Å². The van der Waals surface area contributed by atoms with E-state index in [4.69, 9.17) is 5.73 Å². The number of halogens is 1. The zero-order chi connectivity index (χ0) is 45.6. The number of carbonyl (C=O) groups excluding carboxylic acids is 7. The van der Waals surface area contributed by atoms with Gasteiger partial charge in [0.1, 0.15) is 17.7 Å². The minimum atomic E-state index is -1.09. The van der Waals surface area contributed by atoms with E-state index in [1.54, 1.807) is 54.6 Å². The lowest BCUT2D eigenvalue weighted by Gasteiger charge is -2.27. The number of imide groups is 2. The second kappa shape index (κ2) is 19.4. The van der Waals surface area contributed by atoms with Crippen molar-refractivity contribution >= 4 is 76.2 Å². The molecule has 1 fully saturated rings. The van der Waals surface area contributed by atoms with E-state index in [1.165, 1.54) is 30.3 Å². The number of fused-ring (bicyclic) bond motifs is 2. The average Bonchev–Trinajstić information content (AvgIpc) is 3.55. The Morgan fingerprint density at radius 1 is 0.815 bits per heavy atom. The second-order valence-corrected chi connectivity index (χ2v) is 16.6. The van der Waals surface area contributed by atoms with Crippen molar-refractivity contribution < 1.29 is 38.0 Å². The fourth-order valence-corrected chi connectivity index (χ4v) is 8.62. The number of amides is 7. The Morgan fingerprint density at radius 2 is 1.63 bits per heavy atom. The van der Waals surface area contributed by atoms with Crippen LogP contribution in [-0.2, 0) is 25.6 Å². The van der Waals surface area contributed by atoms with E-state index in [2.05, 4.69) is 36.3 Å². The molecule has 0 saturated carbocycles. The molecule has 0 spiro atoms.